The molecule has 0 radical (unpaired) electrons. The molecular weight excluding hydrogens is 316 g/mol. The van der Waals surface area contributed by atoms with Crippen molar-refractivity contribution in [1.29, 1.82) is 0 Å². The predicted molar refractivity (Wildman–Crippen MR) is 97.4 cm³/mol. The quantitative estimate of drug-likeness (QED) is 0.648. The van der Waals surface area contributed by atoms with Gasteiger partial charge >= 0.3 is 5.97 Å². The van der Waals surface area contributed by atoms with Crippen LogP contribution >= 0.6 is 0 Å². The number of rotatable bonds is 5. The Morgan fingerprint density at radius 1 is 1.04 bits per heavy atom. The minimum Gasteiger partial charge on any atom is -0.423 e. The van der Waals surface area contributed by atoms with Crippen LogP contribution in [-0.2, 0) is 11.2 Å². The minimum atomic E-state index is -0.628. The van der Waals surface area contributed by atoms with Crippen LogP contribution in [0.1, 0.15) is 36.7 Å². The van der Waals surface area contributed by atoms with Gasteiger partial charge in [-0.2, -0.15) is 0 Å². The van der Waals surface area contributed by atoms with Crippen molar-refractivity contribution in [3.8, 4) is 5.75 Å². The van der Waals surface area contributed by atoms with E-state index in [2.05, 4.69) is 5.32 Å². The largest absolute Gasteiger partial charge is 0.423 e. The van der Waals surface area contributed by atoms with E-state index in [0.717, 1.165) is 5.56 Å². The molecule has 0 heterocycles. The maximum absolute atomic E-state index is 12.0. The van der Waals surface area contributed by atoms with Crippen molar-refractivity contribution in [1.82, 2.24) is 5.32 Å². The monoisotopic (exact) mass is 340 g/mol. The smallest absolute Gasteiger partial charge is 0.343 e. The molecule has 1 atom stereocenters. The first-order chi connectivity index (χ1) is 11.7. The highest BCUT2D eigenvalue weighted by Gasteiger charge is 2.20. The second kappa shape index (κ2) is 7.94. The molecule has 2 aromatic rings. The molecule has 0 saturated carbocycles. The molecule has 0 unspecified atom stereocenters. The molecule has 2 aromatic carbocycles. The summed E-state index contributed by atoms with van der Waals surface area (Å²) < 4.78 is 5.32. The van der Waals surface area contributed by atoms with Crippen LogP contribution in [0.4, 0.5) is 0 Å². The number of ether oxygens (including phenoxy) is 1. The van der Waals surface area contributed by atoms with E-state index in [1.807, 2.05) is 26.8 Å². The van der Waals surface area contributed by atoms with Crippen molar-refractivity contribution in [3.63, 3.8) is 0 Å². The van der Waals surface area contributed by atoms with Crippen LogP contribution in [0.3, 0.4) is 0 Å². The van der Waals surface area contributed by atoms with Gasteiger partial charge in [0.25, 0.3) is 0 Å². The van der Waals surface area contributed by atoms with Crippen molar-refractivity contribution >= 4 is 11.9 Å². The van der Waals surface area contributed by atoms with Gasteiger partial charge in [-0.1, -0.05) is 30.3 Å². The Kier molecular flexibility index (Phi) is 5.93. The standard InChI is InChI=1S/C20H24N2O3/c1-20(2,3)22-18(23)17(21)13-14-9-11-16(12-10-14)25-19(24)15-7-5-4-6-8-15/h4-12,17H,13,21H2,1-3H3,(H,22,23)/t17-/m0/s1. The highest BCUT2D eigenvalue weighted by molar-refractivity contribution is 5.90. The molecular formula is C20H24N2O3. The van der Waals surface area contributed by atoms with Crippen LogP contribution in [-0.4, -0.2) is 23.5 Å². The fraction of sp³-hybridized carbons (Fsp3) is 0.300. The molecule has 0 spiro atoms. The number of carbonyl (C=O) groups excluding carboxylic acids is 2. The molecule has 5 nitrogen and oxygen atoms in total. The summed E-state index contributed by atoms with van der Waals surface area (Å²) in [5.74, 6) is -0.146. The topological polar surface area (TPSA) is 81.4 Å². The van der Waals surface area contributed by atoms with E-state index in [0.29, 0.717) is 17.7 Å². The molecule has 25 heavy (non-hydrogen) atoms. The lowest BCUT2D eigenvalue weighted by atomic mass is 10.0. The Bertz CT molecular complexity index is 719. The number of hydrogen-bond acceptors (Lipinski definition) is 4. The highest BCUT2D eigenvalue weighted by atomic mass is 16.5. The predicted octanol–water partition coefficient (Wildman–Crippen LogP) is 2.69. The number of nitrogens with one attached hydrogen (secondary N) is 1. The van der Waals surface area contributed by atoms with Gasteiger partial charge in [0.2, 0.25) is 5.91 Å². The zero-order valence-electron chi connectivity index (χ0n) is 14.8. The fourth-order valence-electron chi connectivity index (χ4n) is 2.24. The third kappa shape index (κ3) is 6.04. The maximum Gasteiger partial charge on any atom is 0.343 e. The van der Waals surface area contributed by atoms with Gasteiger partial charge in [-0.25, -0.2) is 4.79 Å². The number of esters is 1. The molecule has 1 amide bonds. The molecule has 3 N–H and O–H groups in total. The molecule has 0 bridgehead atoms. The minimum absolute atomic E-state index is 0.188. The molecule has 0 aromatic heterocycles. The third-order valence-corrected chi connectivity index (χ3v) is 3.43. The van der Waals surface area contributed by atoms with E-state index >= 15 is 0 Å². The zero-order chi connectivity index (χ0) is 18.4. The van der Waals surface area contributed by atoms with Gasteiger partial charge in [-0.05, 0) is 57.0 Å². The van der Waals surface area contributed by atoms with Crippen LogP contribution in [0.25, 0.3) is 0 Å². The summed E-state index contributed by atoms with van der Waals surface area (Å²) in [7, 11) is 0. The number of amides is 1. The summed E-state index contributed by atoms with van der Waals surface area (Å²) in [4.78, 5) is 24.0. The lowest BCUT2D eigenvalue weighted by Gasteiger charge is -2.23. The number of carbonyl (C=O) groups is 2. The lowest BCUT2D eigenvalue weighted by molar-refractivity contribution is -0.123. The summed E-state index contributed by atoms with van der Waals surface area (Å²) >= 11 is 0. The number of hydrogen-bond donors (Lipinski definition) is 2. The van der Waals surface area contributed by atoms with Crippen LogP contribution in [0.15, 0.2) is 54.6 Å². The van der Waals surface area contributed by atoms with Gasteiger partial charge in [0.15, 0.2) is 0 Å². The second-order valence-electron chi connectivity index (χ2n) is 6.95. The zero-order valence-corrected chi connectivity index (χ0v) is 14.8. The first-order valence-electron chi connectivity index (χ1n) is 8.18. The van der Waals surface area contributed by atoms with E-state index in [-0.39, 0.29) is 11.4 Å². The first kappa shape index (κ1) is 18.7. The van der Waals surface area contributed by atoms with Crippen LogP contribution in [0.2, 0.25) is 0 Å². The summed E-state index contributed by atoms with van der Waals surface area (Å²) in [5.41, 5.74) is 7.03. The number of benzene rings is 2. The van der Waals surface area contributed by atoms with Crippen molar-refractivity contribution < 1.29 is 14.3 Å². The van der Waals surface area contributed by atoms with Crippen molar-refractivity contribution in [3.05, 3.63) is 65.7 Å². The van der Waals surface area contributed by atoms with Gasteiger partial charge < -0.3 is 15.8 Å². The average molecular weight is 340 g/mol. The maximum atomic E-state index is 12.0. The second-order valence-corrected chi connectivity index (χ2v) is 6.95. The van der Waals surface area contributed by atoms with Gasteiger partial charge in [0, 0.05) is 5.54 Å². The van der Waals surface area contributed by atoms with Gasteiger partial charge in [0.1, 0.15) is 5.75 Å². The fourth-order valence-corrected chi connectivity index (χ4v) is 2.24. The molecule has 2 rings (SSSR count). The molecule has 0 saturated heterocycles. The summed E-state index contributed by atoms with van der Waals surface area (Å²) in [6.45, 7) is 5.73. The Labute approximate surface area is 148 Å². The summed E-state index contributed by atoms with van der Waals surface area (Å²) in [6.07, 6.45) is 0.412. The Balaban J connectivity index is 1.93. The molecule has 5 heteroatoms. The van der Waals surface area contributed by atoms with E-state index in [4.69, 9.17) is 10.5 Å². The summed E-state index contributed by atoms with van der Waals surface area (Å²) in [5, 5.41) is 2.86. The van der Waals surface area contributed by atoms with Crippen LogP contribution < -0.4 is 15.8 Å². The molecule has 0 aliphatic carbocycles. The SMILES string of the molecule is CC(C)(C)NC(=O)[C@@H](N)Cc1ccc(OC(=O)c2ccccc2)cc1. The first-order valence-corrected chi connectivity index (χ1v) is 8.18. The summed E-state index contributed by atoms with van der Waals surface area (Å²) in [6, 6.07) is 15.2. The Morgan fingerprint density at radius 2 is 1.64 bits per heavy atom. The van der Waals surface area contributed by atoms with E-state index < -0.39 is 12.0 Å². The molecule has 0 fully saturated rings. The van der Waals surface area contributed by atoms with Crippen molar-refractivity contribution in [2.75, 3.05) is 0 Å². The normalized spacial score (nSPS) is 12.3. The lowest BCUT2D eigenvalue weighted by Crippen LogP contribution is -2.49. The van der Waals surface area contributed by atoms with Crippen LogP contribution in [0, 0.1) is 0 Å². The average Bonchev–Trinajstić information content (AvgIpc) is 2.56. The van der Waals surface area contributed by atoms with Crippen LogP contribution in [0.5, 0.6) is 5.75 Å². The third-order valence-electron chi connectivity index (χ3n) is 3.43. The van der Waals surface area contributed by atoms with Crippen molar-refractivity contribution in [2.24, 2.45) is 5.73 Å². The van der Waals surface area contributed by atoms with Gasteiger partial charge in [-0.3, -0.25) is 4.79 Å². The van der Waals surface area contributed by atoms with Crippen molar-refractivity contribution in [2.45, 2.75) is 38.8 Å². The molecule has 0 aliphatic rings. The van der Waals surface area contributed by atoms with E-state index in [1.165, 1.54) is 0 Å². The van der Waals surface area contributed by atoms with Gasteiger partial charge in [0.05, 0.1) is 11.6 Å². The Morgan fingerprint density at radius 3 is 2.20 bits per heavy atom. The van der Waals surface area contributed by atoms with Gasteiger partial charge in [-0.15, -0.1) is 0 Å². The van der Waals surface area contributed by atoms with E-state index in [9.17, 15) is 9.59 Å². The molecule has 0 aliphatic heterocycles. The van der Waals surface area contributed by atoms with E-state index in [1.54, 1.807) is 48.5 Å². The number of nitrogens with two attached hydrogens (primary N) is 1. The molecule has 132 valence electrons. The highest BCUT2D eigenvalue weighted by Crippen LogP contribution is 2.15. The Hall–Kier alpha value is -2.66.